The van der Waals surface area contributed by atoms with Gasteiger partial charge in [-0.2, -0.15) is 9.30 Å². The molecule has 160 valence electrons. The number of hydrogen-bond acceptors (Lipinski definition) is 4. The summed E-state index contributed by atoms with van der Waals surface area (Å²) in [6, 6.07) is 14.4. The van der Waals surface area contributed by atoms with Crippen LogP contribution < -0.4 is 4.80 Å². The predicted octanol–water partition coefficient (Wildman–Crippen LogP) is 3.17. The monoisotopic (exact) mass is 453 g/mol. The van der Waals surface area contributed by atoms with Gasteiger partial charge in [0.1, 0.15) is 0 Å². The number of fused-ring (bicyclic) bond motifs is 1. The zero-order valence-corrected chi connectivity index (χ0v) is 18.8. The molecular formula is C23H23N3O3S2. The number of amides is 1. The fraction of sp³-hybridized carbons (Fsp3) is 0.304. The number of terminal acetylenes is 1. The topological polar surface area (TPSA) is 71.7 Å². The molecule has 0 bridgehead atoms. The summed E-state index contributed by atoms with van der Waals surface area (Å²) in [6.07, 6.45) is 6.77. The number of carbonyl (C=O) groups excluding carboxylic acids is 1. The molecule has 2 aromatic carbocycles. The number of aryl methyl sites for hydroxylation is 1. The summed E-state index contributed by atoms with van der Waals surface area (Å²) in [5.41, 5.74) is 2.06. The van der Waals surface area contributed by atoms with Gasteiger partial charge in [0.25, 0.3) is 5.91 Å². The Hall–Kier alpha value is -2.73. The van der Waals surface area contributed by atoms with Gasteiger partial charge in [0.15, 0.2) is 4.80 Å². The van der Waals surface area contributed by atoms with Gasteiger partial charge in [-0.05, 0) is 49.6 Å². The normalized spacial score (nSPS) is 18.2. The second-order valence-corrected chi connectivity index (χ2v) is 10.6. The maximum Gasteiger partial charge on any atom is 0.252 e. The minimum atomic E-state index is -3.63. The minimum absolute atomic E-state index is 0.138. The molecule has 6 nitrogen and oxygen atoms in total. The molecular weight excluding hydrogens is 430 g/mol. The van der Waals surface area contributed by atoms with Crippen molar-refractivity contribution in [2.45, 2.75) is 31.2 Å². The Morgan fingerprint density at radius 1 is 1.26 bits per heavy atom. The van der Waals surface area contributed by atoms with Crippen LogP contribution in [0.25, 0.3) is 10.2 Å². The van der Waals surface area contributed by atoms with Crippen LogP contribution in [-0.2, 0) is 21.4 Å². The molecule has 3 aromatic rings. The maximum atomic E-state index is 13.0. The van der Waals surface area contributed by atoms with Crippen molar-refractivity contribution in [2.75, 3.05) is 13.1 Å². The van der Waals surface area contributed by atoms with Crippen molar-refractivity contribution < 1.29 is 13.2 Å². The zero-order valence-electron chi connectivity index (χ0n) is 17.2. The van der Waals surface area contributed by atoms with Crippen LogP contribution in [0.5, 0.6) is 0 Å². The summed E-state index contributed by atoms with van der Waals surface area (Å²) >= 11 is 1.42. The first-order valence-corrected chi connectivity index (χ1v) is 12.3. The Bertz CT molecular complexity index is 1330. The van der Waals surface area contributed by atoms with E-state index in [2.05, 4.69) is 10.9 Å². The lowest BCUT2D eigenvalue weighted by Gasteiger charge is -2.30. The van der Waals surface area contributed by atoms with Gasteiger partial charge in [-0.1, -0.05) is 41.5 Å². The van der Waals surface area contributed by atoms with E-state index in [0.29, 0.717) is 30.7 Å². The third kappa shape index (κ3) is 4.35. The molecule has 1 aliphatic heterocycles. The first-order valence-electron chi connectivity index (χ1n) is 10.1. The van der Waals surface area contributed by atoms with Crippen molar-refractivity contribution in [3.63, 3.8) is 0 Å². The van der Waals surface area contributed by atoms with Crippen LogP contribution in [0, 0.1) is 25.2 Å². The molecule has 1 aliphatic rings. The molecule has 0 radical (unpaired) electrons. The Kier molecular flexibility index (Phi) is 6.10. The lowest BCUT2D eigenvalue weighted by molar-refractivity contribution is -0.122. The van der Waals surface area contributed by atoms with Crippen molar-refractivity contribution in [2.24, 2.45) is 10.9 Å². The van der Waals surface area contributed by atoms with Crippen LogP contribution in [0.3, 0.4) is 0 Å². The highest BCUT2D eigenvalue weighted by Gasteiger charge is 2.33. The lowest BCUT2D eigenvalue weighted by atomic mass is 9.99. The molecule has 0 saturated carbocycles. The molecule has 1 saturated heterocycles. The summed E-state index contributed by atoms with van der Waals surface area (Å²) in [6.45, 7) is 2.86. The molecule has 0 spiro atoms. The fourth-order valence-electron chi connectivity index (χ4n) is 3.80. The Balaban J connectivity index is 1.64. The largest absolute Gasteiger partial charge is 0.305 e. The van der Waals surface area contributed by atoms with Crippen molar-refractivity contribution in [3.05, 3.63) is 58.9 Å². The summed E-state index contributed by atoms with van der Waals surface area (Å²) in [7, 11) is -3.63. The van der Waals surface area contributed by atoms with E-state index in [9.17, 15) is 13.2 Å². The highest BCUT2D eigenvalue weighted by molar-refractivity contribution is 7.89. The third-order valence-electron chi connectivity index (χ3n) is 5.41. The van der Waals surface area contributed by atoms with Gasteiger partial charge < -0.3 is 4.57 Å². The van der Waals surface area contributed by atoms with E-state index in [-0.39, 0.29) is 17.3 Å². The molecule has 1 atom stereocenters. The van der Waals surface area contributed by atoms with Gasteiger partial charge in [-0.3, -0.25) is 4.79 Å². The first-order chi connectivity index (χ1) is 14.9. The Morgan fingerprint density at radius 2 is 2.03 bits per heavy atom. The van der Waals surface area contributed by atoms with Crippen LogP contribution in [-0.4, -0.2) is 36.3 Å². The van der Waals surface area contributed by atoms with E-state index >= 15 is 0 Å². The fourth-order valence-corrected chi connectivity index (χ4v) is 6.48. The van der Waals surface area contributed by atoms with Gasteiger partial charge in [0.05, 0.1) is 27.6 Å². The number of piperidine rings is 1. The number of rotatable bonds is 4. The molecule has 0 aliphatic carbocycles. The van der Waals surface area contributed by atoms with E-state index in [1.165, 1.54) is 15.6 Å². The summed E-state index contributed by atoms with van der Waals surface area (Å²) in [5, 5.41) is 0. The van der Waals surface area contributed by atoms with Gasteiger partial charge in [-0.15, -0.1) is 6.42 Å². The van der Waals surface area contributed by atoms with Crippen LogP contribution in [0.15, 0.2) is 58.4 Å². The molecule has 31 heavy (non-hydrogen) atoms. The van der Waals surface area contributed by atoms with Crippen LogP contribution in [0.4, 0.5) is 0 Å². The number of carbonyl (C=O) groups is 1. The van der Waals surface area contributed by atoms with E-state index in [4.69, 9.17) is 6.42 Å². The minimum Gasteiger partial charge on any atom is -0.305 e. The molecule has 0 N–H and O–H groups in total. The SMILES string of the molecule is C#CCn1c(=NC(=O)C2CCCN(S(=O)(=O)c3ccccc3)C2)sc2cc(C)ccc21. The maximum absolute atomic E-state index is 13.0. The molecule has 1 unspecified atom stereocenters. The number of aromatic nitrogens is 1. The third-order valence-corrected chi connectivity index (χ3v) is 8.33. The molecule has 2 heterocycles. The van der Waals surface area contributed by atoms with E-state index < -0.39 is 15.9 Å². The number of hydrogen-bond donors (Lipinski definition) is 0. The van der Waals surface area contributed by atoms with Crippen LogP contribution in [0.2, 0.25) is 0 Å². The highest BCUT2D eigenvalue weighted by Crippen LogP contribution is 2.25. The van der Waals surface area contributed by atoms with Crippen molar-refractivity contribution in [3.8, 4) is 12.3 Å². The first kappa shape index (κ1) is 21.5. The second-order valence-electron chi connectivity index (χ2n) is 7.61. The summed E-state index contributed by atoms with van der Waals surface area (Å²) in [4.78, 5) is 18.2. The molecule has 1 amide bonds. The Morgan fingerprint density at radius 3 is 2.77 bits per heavy atom. The standard InChI is InChI=1S/C23H23N3O3S2/c1-3-13-26-20-12-11-17(2)15-21(20)30-23(26)24-22(27)18-8-7-14-25(16-18)31(28,29)19-9-5-4-6-10-19/h1,4-6,9-12,15,18H,7-8,13-14,16H2,2H3. The number of sulfonamides is 1. The Labute approximate surface area is 185 Å². The molecule has 1 aromatic heterocycles. The van der Waals surface area contributed by atoms with E-state index in [1.807, 2.05) is 29.7 Å². The van der Waals surface area contributed by atoms with Crippen molar-refractivity contribution >= 4 is 37.5 Å². The summed E-state index contributed by atoms with van der Waals surface area (Å²) in [5.74, 6) is 1.85. The number of thiazole rings is 1. The number of benzene rings is 2. The predicted molar refractivity (Wildman–Crippen MR) is 122 cm³/mol. The lowest BCUT2D eigenvalue weighted by Crippen LogP contribution is -2.42. The van der Waals surface area contributed by atoms with Crippen LogP contribution in [0.1, 0.15) is 18.4 Å². The molecule has 8 heteroatoms. The average molecular weight is 454 g/mol. The van der Waals surface area contributed by atoms with Gasteiger partial charge in [0.2, 0.25) is 10.0 Å². The van der Waals surface area contributed by atoms with Gasteiger partial charge in [-0.25, -0.2) is 8.42 Å². The summed E-state index contributed by atoms with van der Waals surface area (Å²) < 4.78 is 30.2. The quantitative estimate of drug-likeness (QED) is 0.570. The van der Waals surface area contributed by atoms with Gasteiger partial charge in [0, 0.05) is 13.1 Å². The van der Waals surface area contributed by atoms with Crippen molar-refractivity contribution in [1.82, 2.24) is 8.87 Å². The van der Waals surface area contributed by atoms with Crippen molar-refractivity contribution in [1.29, 1.82) is 0 Å². The average Bonchev–Trinajstić information content (AvgIpc) is 3.10. The highest BCUT2D eigenvalue weighted by atomic mass is 32.2. The van der Waals surface area contributed by atoms with Gasteiger partial charge >= 0.3 is 0 Å². The van der Waals surface area contributed by atoms with E-state index in [0.717, 1.165) is 15.8 Å². The zero-order chi connectivity index (χ0) is 22.0. The van der Waals surface area contributed by atoms with E-state index in [1.54, 1.807) is 30.3 Å². The second kappa shape index (κ2) is 8.79. The molecule has 1 fully saturated rings. The molecule has 4 rings (SSSR count). The number of nitrogens with zero attached hydrogens (tertiary/aromatic N) is 3. The van der Waals surface area contributed by atoms with Crippen LogP contribution >= 0.6 is 11.3 Å². The smallest absolute Gasteiger partial charge is 0.252 e.